The molecule has 0 radical (unpaired) electrons. The predicted octanol–water partition coefficient (Wildman–Crippen LogP) is 1.93. The highest BCUT2D eigenvalue weighted by atomic mass is 16.6. The molecule has 1 heterocycles. The first-order valence-electron chi connectivity index (χ1n) is 6.08. The minimum Gasteiger partial charge on any atom is -0.360 e. The van der Waals surface area contributed by atoms with Gasteiger partial charge in [0.15, 0.2) is 0 Å². The van der Waals surface area contributed by atoms with Crippen molar-refractivity contribution in [2.45, 2.75) is 31.7 Å². The molecule has 2 bridgehead atoms. The maximum Gasteiger partial charge on any atom is 0.330 e. The van der Waals surface area contributed by atoms with Crippen molar-refractivity contribution in [3.63, 3.8) is 0 Å². The Hall–Kier alpha value is -1.59. The van der Waals surface area contributed by atoms with E-state index >= 15 is 0 Å². The second kappa shape index (κ2) is 3.72. The van der Waals surface area contributed by atoms with Crippen LogP contribution in [0.1, 0.15) is 25.7 Å². The molecule has 3 rings (SSSR count). The predicted molar refractivity (Wildman–Crippen MR) is 62.7 cm³/mol. The van der Waals surface area contributed by atoms with Gasteiger partial charge in [-0.2, -0.15) is 0 Å². The molecule has 0 amide bonds. The van der Waals surface area contributed by atoms with E-state index in [1.54, 1.807) is 7.05 Å². The second-order valence-corrected chi connectivity index (χ2v) is 5.22. The Balaban J connectivity index is 1.79. The van der Waals surface area contributed by atoms with Crippen LogP contribution in [-0.4, -0.2) is 20.7 Å². The largest absolute Gasteiger partial charge is 0.360 e. The molecule has 1 N–H and O–H groups in total. The van der Waals surface area contributed by atoms with Crippen LogP contribution in [0.15, 0.2) is 6.20 Å². The van der Waals surface area contributed by atoms with E-state index in [-0.39, 0.29) is 10.6 Å². The summed E-state index contributed by atoms with van der Waals surface area (Å²) < 4.78 is 1.49. The fourth-order valence-corrected chi connectivity index (χ4v) is 3.31. The third-order valence-electron chi connectivity index (χ3n) is 4.07. The minimum atomic E-state index is -0.372. The van der Waals surface area contributed by atoms with Gasteiger partial charge in [-0.1, -0.05) is 6.42 Å². The van der Waals surface area contributed by atoms with Crippen LogP contribution in [0.4, 0.5) is 11.5 Å². The van der Waals surface area contributed by atoms with Gasteiger partial charge < -0.3 is 5.32 Å². The number of fused-ring (bicyclic) bond motifs is 2. The van der Waals surface area contributed by atoms with E-state index in [1.165, 1.54) is 30.1 Å². The van der Waals surface area contributed by atoms with Gasteiger partial charge in [0, 0.05) is 13.1 Å². The van der Waals surface area contributed by atoms with Crippen LogP contribution in [0, 0.1) is 22.0 Å². The summed E-state index contributed by atoms with van der Waals surface area (Å²) >= 11 is 0. The lowest BCUT2D eigenvalue weighted by atomic mass is 9.95. The summed E-state index contributed by atoms with van der Waals surface area (Å²) in [6, 6.07) is 0.377. The van der Waals surface area contributed by atoms with E-state index in [9.17, 15) is 10.1 Å². The number of nitro groups is 1. The molecule has 3 unspecified atom stereocenters. The van der Waals surface area contributed by atoms with Crippen LogP contribution < -0.4 is 5.32 Å². The summed E-state index contributed by atoms with van der Waals surface area (Å²) in [5.74, 6) is 1.93. The van der Waals surface area contributed by atoms with Gasteiger partial charge in [-0.05, 0) is 31.1 Å². The van der Waals surface area contributed by atoms with E-state index in [0.717, 1.165) is 12.3 Å². The first-order chi connectivity index (χ1) is 8.13. The highest BCUT2D eigenvalue weighted by molar-refractivity contribution is 5.55. The van der Waals surface area contributed by atoms with Crippen molar-refractivity contribution >= 4 is 11.5 Å². The maximum absolute atomic E-state index is 10.9. The number of nitrogens with one attached hydrogen (secondary N) is 1. The minimum absolute atomic E-state index is 0.0790. The molecule has 0 aromatic carbocycles. The van der Waals surface area contributed by atoms with Crippen LogP contribution >= 0.6 is 0 Å². The first kappa shape index (κ1) is 10.6. The number of aryl methyl sites for hydroxylation is 1. The molecule has 2 aliphatic rings. The highest BCUT2D eigenvalue weighted by Crippen LogP contribution is 2.45. The smallest absolute Gasteiger partial charge is 0.330 e. The van der Waals surface area contributed by atoms with Crippen molar-refractivity contribution < 1.29 is 4.92 Å². The molecule has 2 aliphatic carbocycles. The normalized spacial score (nSPS) is 30.8. The van der Waals surface area contributed by atoms with Gasteiger partial charge in [0.1, 0.15) is 6.20 Å². The molecule has 0 spiro atoms. The fourth-order valence-electron chi connectivity index (χ4n) is 3.31. The molecule has 2 saturated carbocycles. The summed E-state index contributed by atoms with van der Waals surface area (Å²) in [7, 11) is 1.71. The first-order valence-corrected chi connectivity index (χ1v) is 6.08. The van der Waals surface area contributed by atoms with E-state index in [2.05, 4.69) is 10.4 Å². The number of hydrogen-bond acceptors (Lipinski definition) is 4. The molecular weight excluding hydrogens is 220 g/mol. The third kappa shape index (κ3) is 1.77. The summed E-state index contributed by atoms with van der Waals surface area (Å²) in [5, 5.41) is 18.3. The Morgan fingerprint density at radius 3 is 2.94 bits per heavy atom. The molecule has 92 valence electrons. The van der Waals surface area contributed by atoms with Crippen molar-refractivity contribution in [2.24, 2.45) is 18.9 Å². The van der Waals surface area contributed by atoms with Gasteiger partial charge >= 0.3 is 5.69 Å². The van der Waals surface area contributed by atoms with Gasteiger partial charge in [0.25, 0.3) is 0 Å². The monoisotopic (exact) mass is 236 g/mol. The van der Waals surface area contributed by atoms with Crippen molar-refractivity contribution in [3.05, 3.63) is 16.3 Å². The zero-order chi connectivity index (χ0) is 12.0. The highest BCUT2D eigenvalue weighted by Gasteiger charge is 2.40. The Kier molecular flexibility index (Phi) is 2.31. The number of anilines is 1. The van der Waals surface area contributed by atoms with Gasteiger partial charge in [-0.15, -0.1) is 5.10 Å². The van der Waals surface area contributed by atoms with Crippen LogP contribution in [0.5, 0.6) is 0 Å². The quantitative estimate of drug-likeness (QED) is 0.643. The van der Waals surface area contributed by atoms with Crippen LogP contribution in [-0.2, 0) is 7.05 Å². The van der Waals surface area contributed by atoms with E-state index < -0.39 is 0 Å². The lowest BCUT2D eigenvalue weighted by Gasteiger charge is -2.22. The molecule has 17 heavy (non-hydrogen) atoms. The molecule has 6 heteroatoms. The van der Waals surface area contributed by atoms with Gasteiger partial charge in [-0.3, -0.25) is 14.8 Å². The maximum atomic E-state index is 10.9. The van der Waals surface area contributed by atoms with E-state index in [0.29, 0.717) is 17.8 Å². The van der Waals surface area contributed by atoms with Crippen molar-refractivity contribution in [1.82, 2.24) is 9.78 Å². The van der Waals surface area contributed by atoms with Crippen molar-refractivity contribution in [2.75, 3.05) is 5.32 Å². The molecule has 2 fully saturated rings. The lowest BCUT2D eigenvalue weighted by Crippen LogP contribution is -2.26. The van der Waals surface area contributed by atoms with Crippen molar-refractivity contribution in [3.8, 4) is 0 Å². The van der Waals surface area contributed by atoms with E-state index in [1.807, 2.05) is 0 Å². The summed E-state index contributed by atoms with van der Waals surface area (Å²) in [6.07, 6.45) is 6.45. The molecule has 1 aromatic rings. The molecule has 6 nitrogen and oxygen atoms in total. The fraction of sp³-hybridized carbons (Fsp3) is 0.727. The van der Waals surface area contributed by atoms with Crippen LogP contribution in [0.3, 0.4) is 0 Å². The standard InChI is InChI=1S/C11H16N4O2/c1-14-6-10(15(16)17)11(13-14)12-9-5-7-2-3-8(9)4-7/h6-9H,2-5H2,1H3,(H,12,13). The molecule has 0 aliphatic heterocycles. The summed E-state index contributed by atoms with van der Waals surface area (Å²) in [6.45, 7) is 0. The lowest BCUT2D eigenvalue weighted by molar-refractivity contribution is -0.384. The Morgan fingerprint density at radius 2 is 2.35 bits per heavy atom. The van der Waals surface area contributed by atoms with Crippen LogP contribution in [0.25, 0.3) is 0 Å². The second-order valence-electron chi connectivity index (χ2n) is 5.22. The molecule has 0 saturated heterocycles. The SMILES string of the molecule is Cn1cc([N+](=O)[O-])c(NC2CC3CCC2C3)n1. The van der Waals surface area contributed by atoms with Crippen LogP contribution in [0.2, 0.25) is 0 Å². The number of hydrogen-bond donors (Lipinski definition) is 1. The zero-order valence-electron chi connectivity index (χ0n) is 9.80. The number of nitrogens with zero attached hydrogens (tertiary/aromatic N) is 3. The Labute approximate surface area is 99.1 Å². The van der Waals surface area contributed by atoms with Gasteiger partial charge in [0.05, 0.1) is 4.92 Å². The topological polar surface area (TPSA) is 73.0 Å². The molecule has 1 aromatic heterocycles. The number of rotatable bonds is 3. The molecule has 3 atom stereocenters. The molecular formula is C11H16N4O2. The van der Waals surface area contributed by atoms with E-state index in [4.69, 9.17) is 0 Å². The van der Waals surface area contributed by atoms with Gasteiger partial charge in [0.2, 0.25) is 5.82 Å². The summed E-state index contributed by atoms with van der Waals surface area (Å²) in [5.41, 5.74) is 0.0790. The zero-order valence-corrected chi connectivity index (χ0v) is 9.80. The van der Waals surface area contributed by atoms with Crippen molar-refractivity contribution in [1.29, 1.82) is 0 Å². The number of aromatic nitrogens is 2. The third-order valence-corrected chi connectivity index (χ3v) is 4.07. The van der Waals surface area contributed by atoms with Gasteiger partial charge in [-0.25, -0.2) is 0 Å². The average Bonchev–Trinajstić information content (AvgIpc) is 2.93. The Bertz CT molecular complexity index is 456. The summed E-state index contributed by atoms with van der Waals surface area (Å²) in [4.78, 5) is 10.5. The Morgan fingerprint density at radius 1 is 1.53 bits per heavy atom. The average molecular weight is 236 g/mol.